The molecule has 0 aromatic heterocycles. The SMILES string of the molecule is CN=C(NCCOCC1CCCO1)NC(C)c1ccccc1Br.I. The van der Waals surface area contributed by atoms with Gasteiger partial charge in [-0.1, -0.05) is 34.1 Å². The van der Waals surface area contributed by atoms with Gasteiger partial charge in [0.25, 0.3) is 0 Å². The molecular weight excluding hydrogens is 485 g/mol. The van der Waals surface area contributed by atoms with Crippen molar-refractivity contribution in [3.05, 3.63) is 34.3 Å². The topological polar surface area (TPSA) is 54.9 Å². The van der Waals surface area contributed by atoms with Crippen molar-refractivity contribution >= 4 is 45.9 Å². The molecule has 0 spiro atoms. The molecule has 136 valence electrons. The summed E-state index contributed by atoms with van der Waals surface area (Å²) in [6.07, 6.45) is 2.54. The summed E-state index contributed by atoms with van der Waals surface area (Å²) in [7, 11) is 1.77. The second-order valence-corrected chi connectivity index (χ2v) is 6.45. The number of halogens is 2. The van der Waals surface area contributed by atoms with Gasteiger partial charge in [-0.3, -0.25) is 4.99 Å². The van der Waals surface area contributed by atoms with Crippen LogP contribution in [-0.2, 0) is 9.47 Å². The van der Waals surface area contributed by atoms with E-state index in [1.807, 2.05) is 18.2 Å². The summed E-state index contributed by atoms with van der Waals surface area (Å²) in [5.41, 5.74) is 1.20. The quantitative estimate of drug-likeness (QED) is 0.255. The van der Waals surface area contributed by atoms with Crippen LogP contribution in [0.1, 0.15) is 31.4 Å². The largest absolute Gasteiger partial charge is 0.377 e. The molecule has 1 aliphatic rings. The Kier molecular flexibility index (Phi) is 10.9. The third-order valence-corrected chi connectivity index (χ3v) is 4.54. The number of ether oxygens (including phenoxy) is 2. The van der Waals surface area contributed by atoms with E-state index in [2.05, 4.69) is 44.5 Å². The van der Waals surface area contributed by atoms with Gasteiger partial charge in [-0.05, 0) is 31.4 Å². The summed E-state index contributed by atoms with van der Waals surface area (Å²) >= 11 is 3.58. The lowest BCUT2D eigenvalue weighted by Gasteiger charge is -2.19. The number of aliphatic imine (C=N–C) groups is 1. The monoisotopic (exact) mass is 511 g/mol. The van der Waals surface area contributed by atoms with Gasteiger partial charge in [-0.25, -0.2) is 0 Å². The Balaban J connectivity index is 0.00000288. The van der Waals surface area contributed by atoms with Gasteiger partial charge >= 0.3 is 0 Å². The maximum Gasteiger partial charge on any atom is 0.191 e. The lowest BCUT2D eigenvalue weighted by atomic mass is 10.1. The van der Waals surface area contributed by atoms with Crippen molar-refractivity contribution in [2.75, 3.05) is 33.4 Å². The van der Waals surface area contributed by atoms with E-state index < -0.39 is 0 Å². The standard InChI is InChI=1S/C17H26BrN3O2.HI/c1-13(15-7-3-4-8-16(15)18)21-17(19-2)20-9-11-22-12-14-6-5-10-23-14;/h3-4,7-8,13-14H,5-6,9-12H2,1-2H3,(H2,19,20,21);1H. The number of guanidine groups is 1. The van der Waals surface area contributed by atoms with Crippen LogP contribution < -0.4 is 10.6 Å². The molecule has 0 bridgehead atoms. The predicted molar refractivity (Wildman–Crippen MR) is 112 cm³/mol. The Hall–Kier alpha value is -0.380. The van der Waals surface area contributed by atoms with Crippen LogP contribution in [0.3, 0.4) is 0 Å². The lowest BCUT2D eigenvalue weighted by molar-refractivity contribution is 0.0191. The number of hydrogen-bond donors (Lipinski definition) is 2. The molecule has 1 heterocycles. The molecule has 1 aliphatic heterocycles. The molecule has 1 aromatic rings. The third-order valence-electron chi connectivity index (χ3n) is 3.82. The number of nitrogens with one attached hydrogen (secondary N) is 2. The predicted octanol–water partition coefficient (Wildman–Crippen LogP) is 3.49. The minimum Gasteiger partial charge on any atom is -0.377 e. The molecule has 1 saturated heterocycles. The molecule has 0 radical (unpaired) electrons. The first-order valence-electron chi connectivity index (χ1n) is 8.11. The average Bonchev–Trinajstić information content (AvgIpc) is 3.07. The van der Waals surface area contributed by atoms with E-state index in [0.29, 0.717) is 13.2 Å². The van der Waals surface area contributed by atoms with E-state index in [1.54, 1.807) is 7.05 Å². The highest BCUT2D eigenvalue weighted by Gasteiger charge is 2.15. The molecule has 2 unspecified atom stereocenters. The summed E-state index contributed by atoms with van der Waals surface area (Å²) in [6.45, 7) is 5.02. The molecule has 2 rings (SSSR count). The van der Waals surface area contributed by atoms with E-state index in [9.17, 15) is 0 Å². The van der Waals surface area contributed by atoms with Gasteiger partial charge in [0.2, 0.25) is 0 Å². The van der Waals surface area contributed by atoms with Crippen molar-refractivity contribution in [3.63, 3.8) is 0 Å². The fourth-order valence-corrected chi connectivity index (χ4v) is 3.16. The smallest absolute Gasteiger partial charge is 0.191 e. The zero-order chi connectivity index (χ0) is 16.5. The van der Waals surface area contributed by atoms with Gasteiger partial charge in [0.1, 0.15) is 0 Å². The molecule has 2 atom stereocenters. The van der Waals surface area contributed by atoms with Crippen molar-refractivity contribution in [2.24, 2.45) is 4.99 Å². The van der Waals surface area contributed by atoms with E-state index in [-0.39, 0.29) is 36.1 Å². The molecule has 7 heteroatoms. The summed E-state index contributed by atoms with van der Waals surface area (Å²) in [6, 6.07) is 8.35. The molecule has 2 N–H and O–H groups in total. The van der Waals surface area contributed by atoms with Gasteiger partial charge in [-0.2, -0.15) is 0 Å². The van der Waals surface area contributed by atoms with Crippen LogP contribution in [0.25, 0.3) is 0 Å². The summed E-state index contributed by atoms with van der Waals surface area (Å²) in [5.74, 6) is 0.772. The van der Waals surface area contributed by atoms with Crippen molar-refractivity contribution in [3.8, 4) is 0 Å². The second-order valence-electron chi connectivity index (χ2n) is 5.60. The zero-order valence-corrected chi connectivity index (χ0v) is 18.2. The molecule has 0 saturated carbocycles. The first kappa shape index (κ1) is 21.7. The normalized spacial score (nSPS) is 18.8. The Labute approximate surface area is 170 Å². The van der Waals surface area contributed by atoms with Crippen LogP contribution in [0.4, 0.5) is 0 Å². The second kappa shape index (κ2) is 12.1. The van der Waals surface area contributed by atoms with E-state index >= 15 is 0 Å². The number of hydrogen-bond acceptors (Lipinski definition) is 3. The Morgan fingerprint density at radius 3 is 2.92 bits per heavy atom. The number of nitrogens with zero attached hydrogens (tertiary/aromatic N) is 1. The van der Waals surface area contributed by atoms with Crippen LogP contribution >= 0.6 is 39.9 Å². The van der Waals surface area contributed by atoms with Gasteiger partial charge in [0, 0.05) is 24.7 Å². The van der Waals surface area contributed by atoms with Crippen molar-refractivity contribution < 1.29 is 9.47 Å². The third kappa shape index (κ3) is 7.25. The Morgan fingerprint density at radius 2 is 2.25 bits per heavy atom. The molecule has 1 fully saturated rings. The summed E-state index contributed by atoms with van der Waals surface area (Å²) < 4.78 is 12.3. The zero-order valence-electron chi connectivity index (χ0n) is 14.3. The number of rotatable bonds is 7. The molecule has 1 aromatic carbocycles. The Morgan fingerprint density at radius 1 is 1.46 bits per heavy atom. The number of benzene rings is 1. The minimum atomic E-state index is 0. The van der Waals surface area contributed by atoms with Crippen LogP contribution in [-0.4, -0.2) is 45.5 Å². The lowest BCUT2D eigenvalue weighted by Crippen LogP contribution is -2.40. The Bertz CT molecular complexity index is 510. The maximum atomic E-state index is 5.64. The highest BCUT2D eigenvalue weighted by Crippen LogP contribution is 2.22. The summed E-state index contributed by atoms with van der Waals surface area (Å²) in [5, 5.41) is 6.66. The fourth-order valence-electron chi connectivity index (χ4n) is 2.54. The molecular formula is C17H27BrIN3O2. The van der Waals surface area contributed by atoms with E-state index in [1.165, 1.54) is 5.56 Å². The molecule has 24 heavy (non-hydrogen) atoms. The maximum absolute atomic E-state index is 5.64. The first-order chi connectivity index (χ1) is 11.2. The van der Waals surface area contributed by atoms with Crippen LogP contribution in [0.15, 0.2) is 33.7 Å². The highest BCUT2D eigenvalue weighted by molar-refractivity contribution is 14.0. The van der Waals surface area contributed by atoms with Crippen LogP contribution in [0.2, 0.25) is 0 Å². The first-order valence-corrected chi connectivity index (χ1v) is 8.91. The highest BCUT2D eigenvalue weighted by atomic mass is 127. The van der Waals surface area contributed by atoms with Crippen molar-refractivity contribution in [1.82, 2.24) is 10.6 Å². The minimum absolute atomic E-state index is 0. The fraction of sp³-hybridized carbons (Fsp3) is 0.588. The van der Waals surface area contributed by atoms with E-state index in [0.717, 1.165) is 36.4 Å². The van der Waals surface area contributed by atoms with Crippen LogP contribution in [0.5, 0.6) is 0 Å². The van der Waals surface area contributed by atoms with Gasteiger partial charge < -0.3 is 20.1 Å². The van der Waals surface area contributed by atoms with Crippen LogP contribution in [0, 0.1) is 0 Å². The van der Waals surface area contributed by atoms with Gasteiger partial charge in [0.15, 0.2) is 5.96 Å². The van der Waals surface area contributed by atoms with Crippen molar-refractivity contribution in [2.45, 2.75) is 31.9 Å². The average molecular weight is 512 g/mol. The molecule has 0 amide bonds. The van der Waals surface area contributed by atoms with Crippen molar-refractivity contribution in [1.29, 1.82) is 0 Å². The molecule has 0 aliphatic carbocycles. The summed E-state index contributed by atoms with van der Waals surface area (Å²) in [4.78, 5) is 4.26. The van der Waals surface area contributed by atoms with E-state index in [4.69, 9.17) is 9.47 Å². The molecule has 5 nitrogen and oxygen atoms in total. The van der Waals surface area contributed by atoms with Gasteiger partial charge in [-0.15, -0.1) is 24.0 Å². The van der Waals surface area contributed by atoms with Gasteiger partial charge in [0.05, 0.1) is 25.4 Å².